The molecule has 4 rings (SSSR count). The third-order valence-electron chi connectivity index (χ3n) is 5.33. The normalized spacial score (nSPS) is 20.2. The molecule has 2 aliphatic heterocycles. The second-order valence-electron chi connectivity index (χ2n) is 8.08. The van der Waals surface area contributed by atoms with E-state index < -0.39 is 47.6 Å². The highest BCUT2D eigenvalue weighted by Crippen LogP contribution is 2.22. The summed E-state index contributed by atoms with van der Waals surface area (Å²) in [4.78, 5) is 35.7. The molecule has 212 valence electrons. The van der Waals surface area contributed by atoms with Crippen molar-refractivity contribution in [1.82, 2.24) is 19.9 Å². The molecule has 2 aromatic heterocycles. The molecule has 4 heterocycles. The van der Waals surface area contributed by atoms with Gasteiger partial charge in [0.25, 0.3) is 11.1 Å². The highest BCUT2D eigenvalue weighted by atomic mass is 35.5. The molecule has 0 fully saturated rings. The molecular weight excluding hydrogens is 559 g/mol. The van der Waals surface area contributed by atoms with E-state index >= 15 is 0 Å². The zero-order valence-corrected chi connectivity index (χ0v) is 22.2. The maximum absolute atomic E-state index is 11.6. The number of aliphatic hydroxyl groups is 4. The number of H-pyrrole nitrogens is 2. The van der Waals surface area contributed by atoms with Crippen LogP contribution >= 0.6 is 37.2 Å². The summed E-state index contributed by atoms with van der Waals surface area (Å²) in [5, 5.41) is 49.5. The smallest absolute Gasteiger partial charge is 0.277 e. The van der Waals surface area contributed by atoms with Crippen molar-refractivity contribution in [3.63, 3.8) is 0 Å². The van der Waals surface area contributed by atoms with Crippen LogP contribution in [0.3, 0.4) is 0 Å². The van der Waals surface area contributed by atoms with Gasteiger partial charge < -0.3 is 53.2 Å². The van der Waals surface area contributed by atoms with E-state index in [1.165, 1.54) is 13.8 Å². The van der Waals surface area contributed by atoms with Crippen molar-refractivity contribution in [3.05, 3.63) is 20.7 Å². The summed E-state index contributed by atoms with van der Waals surface area (Å²) in [6.45, 7) is 3.64. The number of nitrogens with two attached hydrogens (primary N) is 2. The monoisotopic (exact) mass is 590 g/mol. The predicted octanol–water partition coefficient (Wildman–Crippen LogP) is -2.13. The Balaban J connectivity index is 0.000000648. The zero-order chi connectivity index (χ0) is 25.2. The minimum Gasteiger partial charge on any atom is -0.391 e. The lowest BCUT2D eigenvalue weighted by atomic mass is 10.0. The molecule has 0 radical (unpaired) electrons. The summed E-state index contributed by atoms with van der Waals surface area (Å²) < 4.78 is 0. The van der Waals surface area contributed by atoms with E-state index in [0.717, 1.165) is 0 Å². The molecule has 0 amide bonds. The van der Waals surface area contributed by atoms with Crippen LogP contribution in [0, 0.1) is 0 Å². The number of rotatable bonds is 4. The number of aromatic amines is 2. The van der Waals surface area contributed by atoms with E-state index in [2.05, 4.69) is 41.2 Å². The Labute approximate surface area is 229 Å². The first-order valence-electron chi connectivity index (χ1n) is 10.5. The van der Waals surface area contributed by atoms with Gasteiger partial charge in [-0.1, -0.05) is 0 Å². The van der Waals surface area contributed by atoms with Crippen LogP contribution in [0.15, 0.2) is 9.59 Å². The molecule has 2 aliphatic rings. The van der Waals surface area contributed by atoms with Crippen LogP contribution in [0.25, 0.3) is 0 Å². The van der Waals surface area contributed by atoms with Crippen molar-refractivity contribution in [2.45, 2.75) is 50.3 Å². The van der Waals surface area contributed by atoms with Gasteiger partial charge in [-0.05, 0) is 13.8 Å². The molecule has 0 bridgehead atoms. The third kappa shape index (κ3) is 8.13. The molecule has 0 aromatic carbocycles. The molecule has 0 saturated heterocycles. The SMILES string of the molecule is C[C@H](O)[C@H](O)[C@H]1CNc2nc(N)[nH]c(=O)c2N1.C[C@H](O)[C@H](O)[C@H]1CNc2nc(N)[nH]c(=O)c2N1.Cl.Cl.Cl. The van der Waals surface area contributed by atoms with Crippen molar-refractivity contribution in [3.8, 4) is 0 Å². The Morgan fingerprint density at radius 2 is 1.05 bits per heavy atom. The lowest BCUT2D eigenvalue weighted by molar-refractivity contribution is 0.0214. The van der Waals surface area contributed by atoms with Gasteiger partial charge in [-0.3, -0.25) is 19.6 Å². The van der Waals surface area contributed by atoms with Gasteiger partial charge in [-0.25, -0.2) is 0 Å². The Bertz CT molecular complexity index is 1050. The summed E-state index contributed by atoms with van der Waals surface area (Å²) in [5.41, 5.74) is 10.4. The number of fused-ring (bicyclic) bond motifs is 2. The minimum absolute atomic E-state index is 0. The number of nitrogens with zero attached hydrogens (tertiary/aromatic N) is 2. The first kappa shape index (κ1) is 34.3. The summed E-state index contributed by atoms with van der Waals surface area (Å²) in [6, 6.07) is -0.928. The van der Waals surface area contributed by atoms with Gasteiger partial charge in [-0.15, -0.1) is 37.2 Å². The number of aromatic nitrogens is 4. The number of hydrogen-bond donors (Lipinski definition) is 12. The number of anilines is 6. The lowest BCUT2D eigenvalue weighted by Gasteiger charge is -2.31. The van der Waals surface area contributed by atoms with Gasteiger partial charge >= 0.3 is 0 Å². The van der Waals surface area contributed by atoms with Gasteiger partial charge in [0, 0.05) is 13.1 Å². The van der Waals surface area contributed by atoms with Gasteiger partial charge in [0.15, 0.2) is 11.6 Å². The zero-order valence-electron chi connectivity index (χ0n) is 19.8. The van der Waals surface area contributed by atoms with Crippen molar-refractivity contribution in [2.75, 3.05) is 45.8 Å². The van der Waals surface area contributed by atoms with Crippen molar-refractivity contribution in [2.24, 2.45) is 0 Å². The topological polar surface area (TPSA) is 273 Å². The van der Waals surface area contributed by atoms with Crippen LogP contribution in [0.5, 0.6) is 0 Å². The van der Waals surface area contributed by atoms with E-state index in [1.54, 1.807) is 0 Å². The summed E-state index contributed by atoms with van der Waals surface area (Å²) in [6.07, 6.45) is -3.74. The summed E-state index contributed by atoms with van der Waals surface area (Å²) in [7, 11) is 0. The molecule has 0 aliphatic carbocycles. The number of halogens is 3. The number of nitrogens with one attached hydrogen (secondary N) is 6. The molecule has 0 saturated carbocycles. The van der Waals surface area contributed by atoms with Crippen LogP contribution in [0.2, 0.25) is 0 Å². The molecule has 0 spiro atoms. The van der Waals surface area contributed by atoms with Crippen LogP contribution in [0.1, 0.15) is 13.8 Å². The number of aliphatic hydroxyl groups excluding tert-OH is 4. The van der Waals surface area contributed by atoms with Gasteiger partial charge in [0.2, 0.25) is 11.9 Å². The molecular formula is C18H33Cl3N10O6. The minimum atomic E-state index is -0.979. The highest BCUT2D eigenvalue weighted by molar-refractivity contribution is 5.86. The molecule has 37 heavy (non-hydrogen) atoms. The summed E-state index contributed by atoms with van der Waals surface area (Å²) in [5.74, 6) is 0.746. The van der Waals surface area contributed by atoms with Crippen molar-refractivity contribution in [1.29, 1.82) is 0 Å². The molecule has 2 aromatic rings. The lowest BCUT2D eigenvalue weighted by Crippen LogP contribution is -2.48. The molecule has 0 unspecified atom stereocenters. The molecule has 6 atom stereocenters. The van der Waals surface area contributed by atoms with Crippen LogP contribution < -0.4 is 43.9 Å². The maximum Gasteiger partial charge on any atom is 0.277 e. The Morgan fingerprint density at radius 1 is 0.730 bits per heavy atom. The third-order valence-corrected chi connectivity index (χ3v) is 5.33. The molecule has 19 heteroatoms. The van der Waals surface area contributed by atoms with Crippen LogP contribution in [-0.4, -0.2) is 90.0 Å². The Kier molecular flexibility index (Phi) is 13.2. The van der Waals surface area contributed by atoms with Gasteiger partial charge in [-0.2, -0.15) is 9.97 Å². The average Bonchev–Trinajstić information content (AvgIpc) is 2.77. The quantitative estimate of drug-likeness (QED) is 0.181. The summed E-state index contributed by atoms with van der Waals surface area (Å²) >= 11 is 0. The van der Waals surface area contributed by atoms with Crippen molar-refractivity contribution >= 4 is 72.1 Å². The van der Waals surface area contributed by atoms with E-state index in [9.17, 15) is 30.0 Å². The van der Waals surface area contributed by atoms with Crippen molar-refractivity contribution < 1.29 is 20.4 Å². The van der Waals surface area contributed by atoms with Crippen LogP contribution in [-0.2, 0) is 0 Å². The molecule has 16 nitrogen and oxygen atoms in total. The molecule has 14 N–H and O–H groups in total. The number of hydrogen-bond acceptors (Lipinski definition) is 14. The maximum atomic E-state index is 11.6. The van der Waals surface area contributed by atoms with E-state index in [-0.39, 0.29) is 60.5 Å². The fraction of sp³-hybridized carbons (Fsp3) is 0.556. The largest absolute Gasteiger partial charge is 0.391 e. The predicted molar refractivity (Wildman–Crippen MR) is 147 cm³/mol. The fourth-order valence-corrected chi connectivity index (χ4v) is 3.48. The van der Waals surface area contributed by atoms with E-state index in [4.69, 9.17) is 11.5 Å². The first-order chi connectivity index (χ1) is 16.0. The standard InChI is InChI=1S/2C9H15N5O3.3ClH/c2*1-3(15)6(16)4-2-11-7-5(12-4)8(17)14-9(10)13-7;;;/h2*3-4,6,12,15-16H,2H2,1H3,(H4,10,11,13,14,17);3*1H/t2*3-,4+,6-;;;/m00.../s1. The average molecular weight is 592 g/mol. The second-order valence-corrected chi connectivity index (χ2v) is 8.08. The Hall–Kier alpha value is -2.73. The van der Waals surface area contributed by atoms with E-state index in [0.29, 0.717) is 24.7 Å². The Morgan fingerprint density at radius 3 is 1.35 bits per heavy atom. The highest BCUT2D eigenvalue weighted by Gasteiger charge is 2.30. The second kappa shape index (κ2) is 14.3. The fourth-order valence-electron chi connectivity index (χ4n) is 3.48. The van der Waals surface area contributed by atoms with E-state index in [1.807, 2.05) is 0 Å². The van der Waals surface area contributed by atoms with Gasteiger partial charge in [0.05, 0.1) is 24.3 Å². The first-order valence-corrected chi connectivity index (χ1v) is 10.5. The van der Waals surface area contributed by atoms with Crippen LogP contribution in [0.4, 0.5) is 34.9 Å². The number of nitrogen functional groups attached to an aromatic ring is 2. The van der Waals surface area contributed by atoms with Gasteiger partial charge in [0.1, 0.15) is 23.6 Å².